The summed E-state index contributed by atoms with van der Waals surface area (Å²) in [5.41, 5.74) is 1.27. The largest absolute Gasteiger partial charge is 0.496 e. The molecule has 0 heterocycles. The van der Waals surface area contributed by atoms with Crippen molar-refractivity contribution in [1.82, 2.24) is 0 Å². The molecule has 4 heteroatoms. The minimum atomic E-state index is -0.102. The Hall–Kier alpha value is -3.27. The smallest absolute Gasteiger partial charge is 0.185 e. The Kier molecular flexibility index (Phi) is 7.25. The fourth-order valence-electron chi connectivity index (χ4n) is 2.27. The van der Waals surface area contributed by atoms with Crippen LogP contribution in [-0.2, 0) is 0 Å². The van der Waals surface area contributed by atoms with Crippen molar-refractivity contribution in [3.05, 3.63) is 85.0 Å². The van der Waals surface area contributed by atoms with Crippen LogP contribution in [0.25, 0.3) is 6.08 Å². The molecule has 0 saturated carbocycles. The van der Waals surface area contributed by atoms with Gasteiger partial charge in [-0.3, -0.25) is 4.79 Å². The lowest BCUT2D eigenvalue weighted by molar-refractivity contribution is 0.104. The minimum absolute atomic E-state index is 0.102. The van der Waals surface area contributed by atoms with Crippen LogP contribution >= 0.6 is 0 Å². The maximum absolute atomic E-state index is 12.3. The van der Waals surface area contributed by atoms with Crippen molar-refractivity contribution in [3.63, 3.8) is 0 Å². The van der Waals surface area contributed by atoms with Gasteiger partial charge in [0.1, 0.15) is 30.5 Å². The van der Waals surface area contributed by atoms with Crippen molar-refractivity contribution in [2.45, 2.75) is 0 Å². The number of methoxy groups -OCH3 is 1. The highest BCUT2D eigenvalue weighted by atomic mass is 16.5. The molecule has 0 unspecified atom stereocenters. The number of rotatable bonds is 10. The molecule has 0 aromatic heterocycles. The Morgan fingerprint density at radius 1 is 1.00 bits per heavy atom. The molecule has 0 N–H and O–H groups in total. The molecule has 134 valence electrons. The average molecular weight is 350 g/mol. The molecule has 0 fully saturated rings. The number of carbonyl (C=O) groups excluding carboxylic acids is 1. The van der Waals surface area contributed by atoms with E-state index in [2.05, 4.69) is 13.2 Å². The quantitative estimate of drug-likeness (QED) is 0.353. The summed E-state index contributed by atoms with van der Waals surface area (Å²) < 4.78 is 16.7. The number of ketones is 1. The van der Waals surface area contributed by atoms with Crippen molar-refractivity contribution in [1.29, 1.82) is 0 Å². The summed E-state index contributed by atoms with van der Waals surface area (Å²) >= 11 is 0. The zero-order valence-electron chi connectivity index (χ0n) is 14.8. The van der Waals surface area contributed by atoms with Crippen molar-refractivity contribution in [2.75, 3.05) is 20.3 Å². The first-order valence-corrected chi connectivity index (χ1v) is 8.16. The number of carbonyl (C=O) groups is 1. The minimum Gasteiger partial charge on any atom is -0.496 e. The first-order chi connectivity index (χ1) is 12.7. The molecule has 0 radical (unpaired) electrons. The lowest BCUT2D eigenvalue weighted by Gasteiger charge is -2.14. The van der Waals surface area contributed by atoms with Crippen LogP contribution in [0.1, 0.15) is 15.9 Å². The van der Waals surface area contributed by atoms with Crippen LogP contribution in [-0.4, -0.2) is 26.1 Å². The average Bonchev–Trinajstić information content (AvgIpc) is 2.69. The van der Waals surface area contributed by atoms with Gasteiger partial charge in [-0.25, -0.2) is 0 Å². The Balaban J connectivity index is 2.37. The summed E-state index contributed by atoms with van der Waals surface area (Å²) in [5.74, 6) is 1.57. The summed E-state index contributed by atoms with van der Waals surface area (Å²) in [5, 5.41) is 0. The molecule has 0 spiro atoms. The van der Waals surface area contributed by atoms with Crippen LogP contribution in [0.15, 0.2) is 73.9 Å². The third-order valence-electron chi connectivity index (χ3n) is 3.48. The lowest BCUT2D eigenvalue weighted by atomic mass is 10.1. The van der Waals surface area contributed by atoms with Gasteiger partial charge < -0.3 is 14.2 Å². The maximum atomic E-state index is 12.3. The van der Waals surface area contributed by atoms with E-state index < -0.39 is 0 Å². The van der Waals surface area contributed by atoms with Gasteiger partial charge in [-0.1, -0.05) is 55.6 Å². The van der Waals surface area contributed by atoms with Crippen molar-refractivity contribution >= 4 is 11.9 Å². The molecule has 0 bridgehead atoms. The van der Waals surface area contributed by atoms with Gasteiger partial charge in [0.15, 0.2) is 5.78 Å². The molecular weight excluding hydrogens is 328 g/mol. The molecule has 0 aliphatic carbocycles. The topological polar surface area (TPSA) is 44.8 Å². The van der Waals surface area contributed by atoms with Gasteiger partial charge in [-0.15, -0.1) is 0 Å². The number of hydrogen-bond donors (Lipinski definition) is 0. The highest BCUT2D eigenvalue weighted by Crippen LogP contribution is 2.35. The van der Waals surface area contributed by atoms with Gasteiger partial charge in [-0.2, -0.15) is 0 Å². The zero-order valence-corrected chi connectivity index (χ0v) is 14.8. The molecule has 0 aliphatic rings. The number of benzene rings is 2. The van der Waals surface area contributed by atoms with E-state index in [1.165, 1.54) is 6.08 Å². The van der Waals surface area contributed by atoms with Gasteiger partial charge in [0, 0.05) is 17.7 Å². The highest BCUT2D eigenvalue weighted by Gasteiger charge is 2.12. The third-order valence-corrected chi connectivity index (χ3v) is 3.48. The van der Waals surface area contributed by atoms with Crippen LogP contribution in [0.3, 0.4) is 0 Å². The van der Waals surface area contributed by atoms with Gasteiger partial charge in [0.25, 0.3) is 0 Å². The van der Waals surface area contributed by atoms with E-state index in [0.29, 0.717) is 41.6 Å². The van der Waals surface area contributed by atoms with Crippen molar-refractivity contribution < 1.29 is 19.0 Å². The van der Waals surface area contributed by atoms with Crippen LogP contribution < -0.4 is 14.2 Å². The summed E-state index contributed by atoms with van der Waals surface area (Å²) in [7, 11) is 1.56. The molecular formula is C22H22O4. The number of ether oxygens (including phenoxy) is 3. The van der Waals surface area contributed by atoms with E-state index in [0.717, 1.165) is 0 Å². The zero-order chi connectivity index (χ0) is 18.8. The van der Waals surface area contributed by atoms with Crippen LogP contribution in [0.5, 0.6) is 17.2 Å². The fourth-order valence-corrected chi connectivity index (χ4v) is 2.27. The van der Waals surface area contributed by atoms with E-state index in [9.17, 15) is 4.79 Å². The maximum Gasteiger partial charge on any atom is 0.185 e. The molecule has 0 saturated heterocycles. The Morgan fingerprint density at radius 2 is 1.65 bits per heavy atom. The van der Waals surface area contributed by atoms with Gasteiger partial charge in [-0.05, 0) is 12.2 Å². The van der Waals surface area contributed by atoms with E-state index >= 15 is 0 Å². The van der Waals surface area contributed by atoms with E-state index in [-0.39, 0.29) is 5.78 Å². The number of allylic oxidation sites excluding steroid dienone is 1. The standard InChI is InChI=1S/C22H22O4/c1-4-13-25-18-15-21(24-3)19(22(16-18)26-14-5-2)11-12-20(23)17-9-7-6-8-10-17/h4-12,15-16H,1-2,13-14H2,3H3/b12-11+. The Morgan fingerprint density at radius 3 is 2.31 bits per heavy atom. The SMILES string of the molecule is C=CCOc1cc(OC)c(/C=C/C(=O)c2ccccc2)c(OCC=C)c1. The van der Waals surface area contributed by atoms with Crippen LogP contribution in [0.2, 0.25) is 0 Å². The van der Waals surface area contributed by atoms with Crippen molar-refractivity contribution in [2.24, 2.45) is 0 Å². The molecule has 26 heavy (non-hydrogen) atoms. The predicted octanol–water partition coefficient (Wildman–Crippen LogP) is 4.72. The molecule has 2 aromatic carbocycles. The number of hydrogen-bond acceptors (Lipinski definition) is 4. The first kappa shape index (κ1) is 19.1. The summed E-state index contributed by atoms with van der Waals surface area (Å²) in [6.45, 7) is 7.98. The third kappa shape index (κ3) is 5.11. The Labute approximate surface area is 154 Å². The summed E-state index contributed by atoms with van der Waals surface area (Å²) in [4.78, 5) is 12.3. The fraction of sp³-hybridized carbons (Fsp3) is 0.136. The normalized spacial score (nSPS) is 10.3. The van der Waals surface area contributed by atoms with E-state index in [1.54, 1.807) is 49.6 Å². The first-order valence-electron chi connectivity index (χ1n) is 8.16. The van der Waals surface area contributed by atoms with E-state index in [4.69, 9.17) is 14.2 Å². The second-order valence-electron chi connectivity index (χ2n) is 5.30. The monoisotopic (exact) mass is 350 g/mol. The summed E-state index contributed by atoms with van der Waals surface area (Å²) in [6.07, 6.45) is 6.48. The molecule has 4 nitrogen and oxygen atoms in total. The molecule has 2 aromatic rings. The van der Waals surface area contributed by atoms with Crippen molar-refractivity contribution in [3.8, 4) is 17.2 Å². The van der Waals surface area contributed by atoms with Gasteiger partial charge in [0.05, 0.1) is 12.7 Å². The lowest BCUT2D eigenvalue weighted by Crippen LogP contribution is -2.01. The second-order valence-corrected chi connectivity index (χ2v) is 5.30. The molecule has 0 amide bonds. The molecule has 0 atom stereocenters. The second kappa shape index (κ2) is 9.89. The summed E-state index contributed by atoms with van der Waals surface area (Å²) in [6, 6.07) is 12.6. The van der Waals surface area contributed by atoms with E-state index in [1.807, 2.05) is 18.2 Å². The van der Waals surface area contributed by atoms with Gasteiger partial charge >= 0.3 is 0 Å². The molecule has 0 aliphatic heterocycles. The highest BCUT2D eigenvalue weighted by molar-refractivity contribution is 6.07. The molecule has 2 rings (SSSR count). The Bertz CT molecular complexity index is 791. The van der Waals surface area contributed by atoms with Gasteiger partial charge in [0.2, 0.25) is 0 Å². The van der Waals surface area contributed by atoms with Crippen LogP contribution in [0, 0.1) is 0 Å². The predicted molar refractivity (Wildman–Crippen MR) is 104 cm³/mol. The van der Waals surface area contributed by atoms with Crippen LogP contribution in [0.4, 0.5) is 0 Å².